The minimum atomic E-state index is -3.82. The Kier molecular flexibility index (Phi) is 8.02. The number of carbonyl (C=O) groups is 1. The molecule has 2 aromatic carbocycles. The molecule has 0 heterocycles. The minimum absolute atomic E-state index is 0.00726. The maximum Gasteiger partial charge on any atom is 0.243 e. The first-order valence-corrected chi connectivity index (χ1v) is 10.8. The van der Waals surface area contributed by atoms with Crippen LogP contribution in [0.4, 0.5) is 0 Å². The average molecular weight is 405 g/mol. The number of methoxy groups -OCH3 is 1. The van der Waals surface area contributed by atoms with Crippen molar-refractivity contribution in [1.29, 1.82) is 0 Å². The third-order valence-corrected chi connectivity index (χ3v) is 6.39. The second-order valence-corrected chi connectivity index (χ2v) is 8.56. The van der Waals surface area contributed by atoms with Crippen molar-refractivity contribution in [2.75, 3.05) is 20.2 Å². The van der Waals surface area contributed by atoms with Gasteiger partial charge in [-0.15, -0.1) is 0 Å². The molecule has 7 heteroatoms. The lowest BCUT2D eigenvalue weighted by molar-refractivity contribution is -0.121. The quantitative estimate of drug-likeness (QED) is 0.661. The summed E-state index contributed by atoms with van der Waals surface area (Å²) in [6.07, 6.45) is 1.30. The number of hydrogen-bond acceptors (Lipinski definition) is 4. The van der Waals surface area contributed by atoms with Crippen LogP contribution in [0, 0.1) is 0 Å². The summed E-state index contributed by atoms with van der Waals surface area (Å²) >= 11 is 0. The van der Waals surface area contributed by atoms with Gasteiger partial charge < -0.3 is 10.1 Å². The van der Waals surface area contributed by atoms with Crippen LogP contribution in [0.25, 0.3) is 0 Å². The van der Waals surface area contributed by atoms with E-state index < -0.39 is 10.0 Å². The zero-order valence-electron chi connectivity index (χ0n) is 16.6. The number of nitrogens with one attached hydrogen (secondary N) is 1. The highest BCUT2D eigenvalue weighted by molar-refractivity contribution is 7.89. The molecule has 28 heavy (non-hydrogen) atoms. The van der Waals surface area contributed by atoms with E-state index in [0.29, 0.717) is 12.2 Å². The number of sulfonamides is 1. The second-order valence-electron chi connectivity index (χ2n) is 6.63. The Bertz CT molecular complexity index is 852. The Hall–Kier alpha value is -2.38. The highest BCUT2D eigenvalue weighted by atomic mass is 32.2. The summed E-state index contributed by atoms with van der Waals surface area (Å²) in [7, 11) is -2.29. The van der Waals surface area contributed by atoms with Gasteiger partial charge in [-0.3, -0.25) is 4.79 Å². The molecule has 0 aliphatic carbocycles. The molecule has 1 unspecified atom stereocenters. The van der Waals surface area contributed by atoms with Crippen molar-refractivity contribution in [3.05, 3.63) is 60.2 Å². The molecule has 0 aliphatic rings. The molecule has 1 atom stereocenters. The van der Waals surface area contributed by atoms with E-state index in [4.69, 9.17) is 4.74 Å². The molecule has 1 N–H and O–H groups in total. The molecule has 2 rings (SSSR count). The predicted octanol–water partition coefficient (Wildman–Crippen LogP) is 2.84. The van der Waals surface area contributed by atoms with E-state index in [9.17, 15) is 13.2 Å². The monoisotopic (exact) mass is 404 g/mol. The molecule has 152 valence electrons. The minimum Gasteiger partial charge on any atom is -0.497 e. The molecule has 1 amide bonds. The smallest absolute Gasteiger partial charge is 0.243 e. The maximum absolute atomic E-state index is 13.1. The first kappa shape index (κ1) is 21.9. The van der Waals surface area contributed by atoms with Crippen molar-refractivity contribution < 1.29 is 17.9 Å². The van der Waals surface area contributed by atoms with Crippen LogP contribution in [0.1, 0.15) is 25.8 Å². The molecular weight excluding hydrogens is 376 g/mol. The van der Waals surface area contributed by atoms with Gasteiger partial charge in [-0.25, -0.2) is 8.42 Å². The first-order valence-electron chi connectivity index (χ1n) is 9.34. The molecular formula is C21H28N2O4S. The van der Waals surface area contributed by atoms with Gasteiger partial charge in [0, 0.05) is 12.6 Å². The fraction of sp³-hybridized carbons (Fsp3) is 0.381. The molecule has 0 spiro atoms. The van der Waals surface area contributed by atoms with Crippen molar-refractivity contribution in [1.82, 2.24) is 9.62 Å². The predicted molar refractivity (Wildman–Crippen MR) is 110 cm³/mol. The summed E-state index contributed by atoms with van der Waals surface area (Å²) < 4.78 is 32.6. The fourth-order valence-corrected chi connectivity index (χ4v) is 4.06. The number of hydrogen-bond donors (Lipinski definition) is 1. The van der Waals surface area contributed by atoms with Crippen LogP contribution in [-0.2, 0) is 21.2 Å². The van der Waals surface area contributed by atoms with E-state index in [1.54, 1.807) is 12.1 Å². The van der Waals surface area contributed by atoms with Gasteiger partial charge in [0.25, 0.3) is 0 Å². The molecule has 0 aliphatic heterocycles. The number of nitrogens with zero attached hydrogens (tertiary/aromatic N) is 1. The fourth-order valence-electron chi connectivity index (χ4n) is 2.66. The molecule has 0 saturated heterocycles. The van der Waals surface area contributed by atoms with Crippen LogP contribution in [0.5, 0.6) is 5.75 Å². The van der Waals surface area contributed by atoms with Gasteiger partial charge in [0.2, 0.25) is 15.9 Å². The third-order valence-electron chi connectivity index (χ3n) is 4.53. The molecule has 2 aromatic rings. The second kappa shape index (κ2) is 10.2. The van der Waals surface area contributed by atoms with Crippen molar-refractivity contribution in [2.45, 2.75) is 37.6 Å². The molecule has 0 radical (unpaired) electrons. The van der Waals surface area contributed by atoms with E-state index in [1.807, 2.05) is 44.2 Å². The number of amides is 1. The summed E-state index contributed by atoms with van der Waals surface area (Å²) in [5.74, 6) is 0.267. The summed E-state index contributed by atoms with van der Waals surface area (Å²) in [4.78, 5) is 12.5. The van der Waals surface area contributed by atoms with Gasteiger partial charge in [0.05, 0.1) is 18.6 Å². The van der Waals surface area contributed by atoms with Crippen LogP contribution >= 0.6 is 0 Å². The summed E-state index contributed by atoms with van der Waals surface area (Å²) in [5.41, 5.74) is 1.01. The van der Waals surface area contributed by atoms with Crippen molar-refractivity contribution in [3.63, 3.8) is 0 Å². The van der Waals surface area contributed by atoms with Crippen LogP contribution in [-0.4, -0.2) is 44.9 Å². The van der Waals surface area contributed by atoms with Crippen molar-refractivity contribution >= 4 is 15.9 Å². The number of carbonyl (C=O) groups excluding carboxylic acids is 1. The first-order chi connectivity index (χ1) is 13.4. The standard InChI is InChI=1S/C21H28N2O4S/c1-4-17(2)22-21(24)16-23(15-14-18-8-6-5-7-9-18)28(25,26)20-12-10-19(27-3)11-13-20/h5-13,17H,4,14-16H2,1-3H3,(H,22,24). The maximum atomic E-state index is 13.1. The molecule has 0 aromatic heterocycles. The van der Waals surface area contributed by atoms with Gasteiger partial charge in [-0.1, -0.05) is 37.3 Å². The lowest BCUT2D eigenvalue weighted by Crippen LogP contribution is -2.44. The molecule has 0 saturated carbocycles. The Labute approximate surface area is 167 Å². The lowest BCUT2D eigenvalue weighted by Gasteiger charge is -2.23. The largest absolute Gasteiger partial charge is 0.497 e. The SMILES string of the molecule is CCC(C)NC(=O)CN(CCc1ccccc1)S(=O)(=O)c1ccc(OC)cc1. The Balaban J connectivity index is 2.22. The number of rotatable bonds is 10. The van der Waals surface area contributed by atoms with E-state index >= 15 is 0 Å². The summed E-state index contributed by atoms with van der Waals surface area (Å²) in [6.45, 7) is 3.86. The Morgan fingerprint density at radius 1 is 1.11 bits per heavy atom. The average Bonchev–Trinajstić information content (AvgIpc) is 2.71. The normalized spacial score (nSPS) is 12.6. The summed E-state index contributed by atoms with van der Waals surface area (Å²) in [5, 5.41) is 2.83. The zero-order chi connectivity index (χ0) is 20.6. The van der Waals surface area contributed by atoms with E-state index in [1.165, 1.54) is 23.5 Å². The summed E-state index contributed by atoms with van der Waals surface area (Å²) in [6, 6.07) is 15.8. The van der Waals surface area contributed by atoms with Crippen molar-refractivity contribution in [2.24, 2.45) is 0 Å². The molecule has 0 fully saturated rings. The highest BCUT2D eigenvalue weighted by Crippen LogP contribution is 2.20. The van der Waals surface area contributed by atoms with Gasteiger partial charge in [-0.2, -0.15) is 4.31 Å². The van der Waals surface area contributed by atoms with E-state index in [0.717, 1.165) is 12.0 Å². The van der Waals surface area contributed by atoms with Crippen LogP contribution < -0.4 is 10.1 Å². The third kappa shape index (κ3) is 6.07. The molecule has 0 bridgehead atoms. The van der Waals surface area contributed by atoms with E-state index in [-0.39, 0.29) is 29.9 Å². The van der Waals surface area contributed by atoms with Gasteiger partial charge in [0.1, 0.15) is 5.75 Å². The topological polar surface area (TPSA) is 75.7 Å². The number of benzene rings is 2. The molecule has 6 nitrogen and oxygen atoms in total. The highest BCUT2D eigenvalue weighted by Gasteiger charge is 2.26. The number of ether oxygens (including phenoxy) is 1. The van der Waals surface area contributed by atoms with E-state index in [2.05, 4.69) is 5.32 Å². The zero-order valence-corrected chi connectivity index (χ0v) is 17.4. The van der Waals surface area contributed by atoms with Gasteiger partial charge >= 0.3 is 0 Å². The van der Waals surface area contributed by atoms with Crippen LogP contribution in [0.3, 0.4) is 0 Å². The van der Waals surface area contributed by atoms with Crippen LogP contribution in [0.15, 0.2) is 59.5 Å². The van der Waals surface area contributed by atoms with Crippen molar-refractivity contribution in [3.8, 4) is 5.75 Å². The Morgan fingerprint density at radius 3 is 2.32 bits per heavy atom. The van der Waals surface area contributed by atoms with Gasteiger partial charge in [-0.05, 0) is 49.6 Å². The van der Waals surface area contributed by atoms with Crippen LogP contribution in [0.2, 0.25) is 0 Å². The van der Waals surface area contributed by atoms with Gasteiger partial charge in [0.15, 0.2) is 0 Å². The lowest BCUT2D eigenvalue weighted by atomic mass is 10.1. The Morgan fingerprint density at radius 2 is 1.75 bits per heavy atom.